The van der Waals surface area contributed by atoms with Crippen LogP contribution < -0.4 is 0 Å². The molecule has 0 radical (unpaired) electrons. The van der Waals surface area contributed by atoms with Crippen LogP contribution in [-0.4, -0.2) is 4.98 Å². The second-order valence-electron chi connectivity index (χ2n) is 3.07. The summed E-state index contributed by atoms with van der Waals surface area (Å²) < 4.78 is 0.652. The van der Waals surface area contributed by atoms with Crippen molar-refractivity contribution in [2.75, 3.05) is 0 Å². The summed E-state index contributed by atoms with van der Waals surface area (Å²) in [5, 5.41) is 0. The Morgan fingerprint density at radius 3 is 3.08 bits per heavy atom. The lowest BCUT2D eigenvalue weighted by atomic mass is 10.1. The molecule has 1 aromatic carbocycles. The molecule has 0 unspecified atom stereocenters. The zero-order valence-electron chi connectivity index (χ0n) is 6.75. The van der Waals surface area contributed by atoms with Gasteiger partial charge >= 0.3 is 0 Å². The van der Waals surface area contributed by atoms with E-state index in [1.165, 1.54) is 16.0 Å². The predicted octanol–water partition coefficient (Wildman–Crippen LogP) is 3.37. The zero-order valence-corrected chi connectivity index (χ0v) is 8.32. The Kier molecular flexibility index (Phi) is 1.49. The molecule has 1 aliphatic rings. The van der Waals surface area contributed by atoms with Gasteiger partial charge in [-0.3, -0.25) is 0 Å². The van der Waals surface area contributed by atoms with Crippen molar-refractivity contribution in [2.45, 2.75) is 6.42 Å². The number of thiazole rings is 1. The van der Waals surface area contributed by atoms with Gasteiger partial charge in [-0.05, 0) is 5.56 Å². The Balaban J connectivity index is 2.30. The molecule has 0 aliphatic heterocycles. The number of hydrogen-bond acceptors (Lipinski definition) is 2. The van der Waals surface area contributed by atoms with E-state index in [2.05, 4.69) is 23.2 Å². The molecule has 64 valence electrons. The maximum absolute atomic E-state index is 5.85. The quantitative estimate of drug-likeness (QED) is 0.551. The Bertz CT molecular complexity index is 476. The van der Waals surface area contributed by atoms with E-state index in [0.29, 0.717) is 4.47 Å². The van der Waals surface area contributed by atoms with Gasteiger partial charge in [-0.1, -0.05) is 35.9 Å². The first-order valence-electron chi connectivity index (χ1n) is 4.08. The SMILES string of the molecule is Clc1nc2c(s1)Cc1ccccc1-2. The van der Waals surface area contributed by atoms with E-state index in [1.54, 1.807) is 11.3 Å². The van der Waals surface area contributed by atoms with Gasteiger partial charge in [0, 0.05) is 16.9 Å². The first kappa shape index (κ1) is 7.54. The molecule has 2 aromatic rings. The summed E-state index contributed by atoms with van der Waals surface area (Å²) in [5.74, 6) is 0. The molecular weight excluding hydrogens is 202 g/mol. The van der Waals surface area contributed by atoms with Crippen LogP contribution in [0, 0.1) is 0 Å². The van der Waals surface area contributed by atoms with E-state index in [-0.39, 0.29) is 0 Å². The van der Waals surface area contributed by atoms with E-state index >= 15 is 0 Å². The number of halogens is 1. The molecule has 1 aliphatic carbocycles. The van der Waals surface area contributed by atoms with Crippen molar-refractivity contribution in [1.82, 2.24) is 4.98 Å². The molecule has 0 N–H and O–H groups in total. The van der Waals surface area contributed by atoms with Crippen molar-refractivity contribution in [3.63, 3.8) is 0 Å². The van der Waals surface area contributed by atoms with Crippen molar-refractivity contribution in [3.05, 3.63) is 39.2 Å². The summed E-state index contributed by atoms with van der Waals surface area (Å²) in [4.78, 5) is 5.61. The third kappa shape index (κ3) is 1.02. The molecule has 1 aromatic heterocycles. The van der Waals surface area contributed by atoms with Crippen LogP contribution in [0.3, 0.4) is 0 Å². The summed E-state index contributed by atoms with van der Waals surface area (Å²) in [6.45, 7) is 0. The minimum atomic E-state index is 0.652. The average molecular weight is 208 g/mol. The normalized spacial score (nSPS) is 12.7. The van der Waals surface area contributed by atoms with Gasteiger partial charge in [0.15, 0.2) is 4.47 Å². The van der Waals surface area contributed by atoms with Gasteiger partial charge < -0.3 is 0 Å². The van der Waals surface area contributed by atoms with E-state index in [0.717, 1.165) is 12.1 Å². The Labute approximate surface area is 85.0 Å². The first-order chi connectivity index (χ1) is 6.34. The number of hydrogen-bond donors (Lipinski definition) is 0. The zero-order chi connectivity index (χ0) is 8.84. The fraction of sp³-hybridized carbons (Fsp3) is 0.100. The van der Waals surface area contributed by atoms with Gasteiger partial charge in [0.25, 0.3) is 0 Å². The third-order valence-electron chi connectivity index (χ3n) is 2.29. The second-order valence-corrected chi connectivity index (χ2v) is 4.74. The van der Waals surface area contributed by atoms with Crippen molar-refractivity contribution in [1.29, 1.82) is 0 Å². The minimum Gasteiger partial charge on any atom is -0.225 e. The minimum absolute atomic E-state index is 0.652. The molecule has 0 saturated carbocycles. The van der Waals surface area contributed by atoms with Crippen molar-refractivity contribution in [2.24, 2.45) is 0 Å². The van der Waals surface area contributed by atoms with Gasteiger partial charge in [-0.25, -0.2) is 4.98 Å². The lowest BCUT2D eigenvalue weighted by molar-refractivity contribution is 1.31. The van der Waals surface area contributed by atoms with Crippen molar-refractivity contribution in [3.8, 4) is 11.3 Å². The summed E-state index contributed by atoms with van der Waals surface area (Å²) in [7, 11) is 0. The lowest BCUT2D eigenvalue weighted by Crippen LogP contribution is -1.78. The molecule has 3 heteroatoms. The van der Waals surface area contributed by atoms with Gasteiger partial charge in [0.1, 0.15) is 0 Å². The molecule has 1 heterocycles. The van der Waals surface area contributed by atoms with Crippen molar-refractivity contribution >= 4 is 22.9 Å². The Morgan fingerprint density at radius 1 is 1.31 bits per heavy atom. The predicted molar refractivity (Wildman–Crippen MR) is 55.4 cm³/mol. The third-order valence-corrected chi connectivity index (χ3v) is 3.45. The molecule has 0 amide bonds. The van der Waals surface area contributed by atoms with Crippen LogP contribution in [-0.2, 0) is 6.42 Å². The summed E-state index contributed by atoms with van der Waals surface area (Å²) in [6.07, 6.45) is 0.996. The van der Waals surface area contributed by atoms with Gasteiger partial charge in [-0.2, -0.15) is 0 Å². The number of benzene rings is 1. The fourth-order valence-electron chi connectivity index (χ4n) is 1.73. The molecule has 0 bridgehead atoms. The van der Waals surface area contributed by atoms with E-state index < -0.39 is 0 Å². The van der Waals surface area contributed by atoms with Crippen LogP contribution in [0.25, 0.3) is 11.3 Å². The maximum Gasteiger partial charge on any atom is 0.184 e. The Morgan fingerprint density at radius 2 is 2.15 bits per heavy atom. The van der Waals surface area contributed by atoms with Crippen molar-refractivity contribution < 1.29 is 0 Å². The number of nitrogens with zero attached hydrogens (tertiary/aromatic N) is 1. The van der Waals surface area contributed by atoms with Crippen LogP contribution in [0.15, 0.2) is 24.3 Å². The molecule has 3 rings (SSSR count). The van der Waals surface area contributed by atoms with Crippen LogP contribution >= 0.6 is 22.9 Å². The molecule has 13 heavy (non-hydrogen) atoms. The number of fused-ring (bicyclic) bond motifs is 3. The molecule has 0 fully saturated rings. The molecule has 1 nitrogen and oxygen atoms in total. The highest BCUT2D eigenvalue weighted by Crippen LogP contribution is 2.40. The number of rotatable bonds is 0. The second kappa shape index (κ2) is 2.56. The summed E-state index contributed by atoms with van der Waals surface area (Å²) >= 11 is 7.44. The summed E-state index contributed by atoms with van der Waals surface area (Å²) in [6, 6.07) is 8.37. The van der Waals surface area contributed by atoms with Gasteiger partial charge in [-0.15, -0.1) is 11.3 Å². The summed E-state index contributed by atoms with van der Waals surface area (Å²) in [5.41, 5.74) is 3.71. The first-order valence-corrected chi connectivity index (χ1v) is 5.27. The van der Waals surface area contributed by atoms with Gasteiger partial charge in [0.05, 0.1) is 5.69 Å². The van der Waals surface area contributed by atoms with Crippen LogP contribution in [0.5, 0.6) is 0 Å². The highest BCUT2D eigenvalue weighted by atomic mass is 35.5. The fourth-order valence-corrected chi connectivity index (χ4v) is 2.92. The van der Waals surface area contributed by atoms with E-state index in [9.17, 15) is 0 Å². The van der Waals surface area contributed by atoms with Crippen LogP contribution in [0.1, 0.15) is 10.4 Å². The van der Waals surface area contributed by atoms with Gasteiger partial charge in [0.2, 0.25) is 0 Å². The van der Waals surface area contributed by atoms with Crippen LogP contribution in [0.4, 0.5) is 0 Å². The highest BCUT2D eigenvalue weighted by molar-refractivity contribution is 7.16. The van der Waals surface area contributed by atoms with E-state index in [1.807, 2.05) is 6.07 Å². The molecule has 0 atom stereocenters. The standard InChI is InChI=1S/C10H6ClNS/c11-10-12-9-7-4-2-1-3-6(7)5-8(9)13-10/h1-4H,5H2. The highest BCUT2D eigenvalue weighted by Gasteiger charge is 2.21. The smallest absolute Gasteiger partial charge is 0.184 e. The Hall–Kier alpha value is -0.860. The molecule has 0 spiro atoms. The van der Waals surface area contributed by atoms with Crippen LogP contribution in [0.2, 0.25) is 4.47 Å². The molecular formula is C10H6ClNS. The maximum atomic E-state index is 5.85. The average Bonchev–Trinajstić information content (AvgIpc) is 2.60. The monoisotopic (exact) mass is 207 g/mol. The largest absolute Gasteiger partial charge is 0.225 e. The molecule has 0 saturated heterocycles. The van der Waals surface area contributed by atoms with E-state index in [4.69, 9.17) is 11.6 Å². The topological polar surface area (TPSA) is 12.9 Å². The lowest BCUT2D eigenvalue weighted by Gasteiger charge is -1.95. The number of aromatic nitrogens is 1.